The molecule has 2 unspecified atom stereocenters. The van der Waals surface area contributed by atoms with E-state index in [4.69, 9.17) is 15.2 Å². The lowest BCUT2D eigenvalue weighted by molar-refractivity contribution is -0.140. The molecule has 4 bridgehead atoms. The number of pyridine rings is 2. The number of likely N-dealkylation sites (tertiary alicyclic amines) is 2. The highest BCUT2D eigenvalue weighted by atomic mass is 16.5. The van der Waals surface area contributed by atoms with Gasteiger partial charge in [0.05, 0.1) is 22.4 Å². The molecule has 16 rings (SSSR count). The maximum Gasteiger partial charge on any atom is 0.0974 e. The third kappa shape index (κ3) is 7.00. The molecule has 8 fully saturated rings. The normalized spacial score (nSPS) is 43.0. The Morgan fingerprint density at radius 3 is 1.56 bits per heavy atom. The molecular formula is C65H79BN5O2. The van der Waals surface area contributed by atoms with Gasteiger partial charge in [-0.1, -0.05) is 69.3 Å². The molecule has 6 aliphatic heterocycles. The zero-order chi connectivity index (χ0) is 48.2. The Kier molecular flexibility index (Phi) is 11.1. The van der Waals surface area contributed by atoms with Gasteiger partial charge in [0, 0.05) is 81.7 Å². The number of ether oxygens (including phenoxy) is 2. The summed E-state index contributed by atoms with van der Waals surface area (Å²) in [6.07, 6.45) is 40.5. The smallest absolute Gasteiger partial charge is 0.0974 e. The minimum absolute atomic E-state index is 0. The van der Waals surface area contributed by atoms with Crippen LogP contribution in [0.2, 0.25) is 0 Å². The summed E-state index contributed by atoms with van der Waals surface area (Å²) in [6, 6.07) is 20.2. The van der Waals surface area contributed by atoms with Gasteiger partial charge in [-0.05, 0) is 231 Å². The van der Waals surface area contributed by atoms with E-state index in [9.17, 15) is 0 Å². The zero-order valence-electron chi connectivity index (χ0n) is 44.2. The standard InChI is InChI=1S/C33H40N2O.C32H39N3O.B/c1-22-11-16-35(21-22)28-6-5-26-18-27-9-12-31(2)29(24-4-3-23-10-15-34-20-25(23)17-24)7-8-30(31)33(27)14-13-32(26,19-28)36-33;1-30-11-8-25-17-24-4-5-27(35-15-10-26(33)20-35)18-31(24)12-13-32(25,36-31)29(30)7-6-28(30)22-3-2-21-9-14-34-19-23(21)16-22;/h3-4,9-10,15,17-18,20,22,28-30H,5-8,11-14,16,19,21H2,1-2H3;2-3,8-9,14,16-17,19,26-29H,4-7,10-13,15,18,20,33H2,1H3;/t22-,28-,29-,30-,31-,32?,33-;26-,27-,28-,29-,30-,31?,32-;/m11./s1. The fourth-order valence-corrected chi connectivity index (χ4v) is 19.6. The van der Waals surface area contributed by atoms with Crippen molar-refractivity contribution in [2.75, 3.05) is 26.2 Å². The number of allylic oxidation sites excluding steroid dienone is 2. The molecule has 14 atom stereocenters. The SMILES string of the molecule is C[C@@H]1CCN([C@@H]2CCC3=CC4=CC[C@]5(C)[C@@H](c6ccc7ccncc7c6)CC[C@H]5[C@@]45CCC3(C2)O5)C1.C[C@]12CC=C3C=C4CC[C@@H](N5CC[C@@H](N)C5)CC45CC[C@]3(O5)[C@@H]1CC[C@@H]2c1ccc2ccncc2c1.[B]. The average Bonchev–Trinajstić information content (AvgIpc) is 4.28. The Morgan fingerprint density at radius 1 is 0.575 bits per heavy atom. The molecule has 4 saturated carbocycles. The van der Waals surface area contributed by atoms with Gasteiger partial charge in [0.2, 0.25) is 0 Å². The Hall–Kier alpha value is -3.92. The maximum atomic E-state index is 7.56. The number of rotatable bonds is 4. The molecule has 4 saturated heterocycles. The second-order valence-corrected chi connectivity index (χ2v) is 26.6. The lowest BCUT2D eigenvalue weighted by Gasteiger charge is -2.55. The largest absolute Gasteiger partial charge is 0.359 e. The number of nitrogens with two attached hydrogens (primary N) is 1. The van der Waals surface area contributed by atoms with E-state index in [1.165, 1.54) is 167 Å². The third-order valence-electron chi connectivity index (χ3n) is 23.2. The van der Waals surface area contributed by atoms with Crippen LogP contribution in [0, 0.1) is 28.6 Å². The molecule has 7 nitrogen and oxygen atoms in total. The Labute approximate surface area is 437 Å². The van der Waals surface area contributed by atoms with Crippen LogP contribution >= 0.6 is 0 Å². The number of hydrogen-bond acceptors (Lipinski definition) is 7. The van der Waals surface area contributed by atoms with E-state index in [2.05, 4.69) is 113 Å². The molecule has 379 valence electrons. The Morgan fingerprint density at radius 2 is 1.08 bits per heavy atom. The van der Waals surface area contributed by atoms with Crippen molar-refractivity contribution in [3.05, 3.63) is 131 Å². The minimum atomic E-state index is -0.0764. The van der Waals surface area contributed by atoms with Crippen LogP contribution in [0.3, 0.4) is 0 Å². The van der Waals surface area contributed by atoms with E-state index in [0.29, 0.717) is 41.8 Å². The van der Waals surface area contributed by atoms with Crippen molar-refractivity contribution in [3.63, 3.8) is 0 Å². The van der Waals surface area contributed by atoms with Gasteiger partial charge in [-0.3, -0.25) is 19.8 Å². The van der Waals surface area contributed by atoms with Gasteiger partial charge in [-0.25, -0.2) is 0 Å². The third-order valence-corrected chi connectivity index (χ3v) is 23.2. The molecule has 6 aliphatic carbocycles. The molecule has 8 heterocycles. The lowest BCUT2D eigenvalue weighted by atomic mass is 9.58. The number of fused-ring (bicyclic) bond motifs is 4. The second kappa shape index (κ2) is 17.0. The van der Waals surface area contributed by atoms with E-state index in [-0.39, 0.29) is 41.6 Å². The van der Waals surface area contributed by atoms with Gasteiger partial charge in [-0.2, -0.15) is 0 Å². The fraction of sp³-hybridized carbons (Fsp3) is 0.600. The van der Waals surface area contributed by atoms with Crippen LogP contribution in [0.15, 0.2) is 120 Å². The highest BCUT2D eigenvalue weighted by Gasteiger charge is 2.68. The van der Waals surface area contributed by atoms with Crippen molar-refractivity contribution in [2.24, 2.45) is 34.3 Å². The molecule has 3 radical (unpaired) electrons. The van der Waals surface area contributed by atoms with Gasteiger partial charge in [0.25, 0.3) is 0 Å². The van der Waals surface area contributed by atoms with Gasteiger partial charge in [0.1, 0.15) is 0 Å². The first kappa shape index (κ1) is 47.5. The van der Waals surface area contributed by atoms with Crippen LogP contribution in [0.4, 0.5) is 0 Å². The molecule has 12 aliphatic rings. The zero-order valence-corrected chi connectivity index (χ0v) is 44.2. The van der Waals surface area contributed by atoms with Crippen LogP contribution < -0.4 is 5.73 Å². The number of benzene rings is 2. The summed E-state index contributed by atoms with van der Waals surface area (Å²) in [5.41, 5.74) is 16.0. The summed E-state index contributed by atoms with van der Waals surface area (Å²) in [5, 5.41) is 5.12. The molecule has 4 aromatic rings. The average molecular weight is 973 g/mol. The predicted molar refractivity (Wildman–Crippen MR) is 294 cm³/mol. The van der Waals surface area contributed by atoms with Crippen LogP contribution in [-0.2, 0) is 9.47 Å². The van der Waals surface area contributed by atoms with Gasteiger partial charge >= 0.3 is 0 Å². The summed E-state index contributed by atoms with van der Waals surface area (Å²) >= 11 is 0. The van der Waals surface area contributed by atoms with Crippen molar-refractivity contribution < 1.29 is 9.47 Å². The molecule has 4 spiro atoms. The molecule has 2 N–H and O–H groups in total. The first-order chi connectivity index (χ1) is 35.0. The van der Waals surface area contributed by atoms with Crippen LogP contribution in [0.1, 0.15) is 159 Å². The van der Waals surface area contributed by atoms with Crippen LogP contribution in [0.5, 0.6) is 0 Å². The van der Waals surface area contributed by atoms with E-state index >= 15 is 0 Å². The van der Waals surface area contributed by atoms with Gasteiger partial charge < -0.3 is 15.2 Å². The van der Waals surface area contributed by atoms with Crippen molar-refractivity contribution >= 4 is 30.0 Å². The Bertz CT molecular complexity index is 2800. The quantitative estimate of drug-likeness (QED) is 0.204. The minimum Gasteiger partial charge on any atom is -0.359 e. The highest BCUT2D eigenvalue weighted by Crippen LogP contribution is 2.71. The first-order valence-corrected chi connectivity index (χ1v) is 29.1. The summed E-state index contributed by atoms with van der Waals surface area (Å²) in [4.78, 5) is 14.3. The molecule has 2 aromatic heterocycles. The van der Waals surface area contributed by atoms with Gasteiger partial charge in [-0.15, -0.1) is 0 Å². The van der Waals surface area contributed by atoms with Crippen molar-refractivity contribution in [1.29, 1.82) is 0 Å². The predicted octanol–water partition coefficient (Wildman–Crippen LogP) is 12.7. The van der Waals surface area contributed by atoms with Crippen LogP contribution in [-0.4, -0.2) is 94.9 Å². The Balaban J connectivity index is 0.000000133. The second-order valence-electron chi connectivity index (χ2n) is 26.6. The number of hydrogen-bond donors (Lipinski definition) is 1. The van der Waals surface area contributed by atoms with E-state index in [0.717, 1.165) is 18.9 Å². The summed E-state index contributed by atoms with van der Waals surface area (Å²) < 4.78 is 15.1. The van der Waals surface area contributed by atoms with Gasteiger partial charge in [0.15, 0.2) is 0 Å². The molecule has 0 amide bonds. The molecule has 8 heteroatoms. The molecular weight excluding hydrogens is 894 g/mol. The van der Waals surface area contributed by atoms with Crippen molar-refractivity contribution in [3.8, 4) is 0 Å². The summed E-state index contributed by atoms with van der Waals surface area (Å²) in [5.74, 6) is 3.24. The van der Waals surface area contributed by atoms with Crippen LogP contribution in [0.25, 0.3) is 21.5 Å². The van der Waals surface area contributed by atoms with E-state index in [1.807, 2.05) is 24.8 Å². The first-order valence-electron chi connectivity index (χ1n) is 29.1. The summed E-state index contributed by atoms with van der Waals surface area (Å²) in [6.45, 7) is 12.4. The van der Waals surface area contributed by atoms with Crippen molar-refractivity contribution in [1.82, 2.24) is 19.8 Å². The number of nitrogens with zero attached hydrogens (tertiary/aromatic N) is 4. The van der Waals surface area contributed by atoms with E-state index in [1.54, 1.807) is 16.7 Å². The fourth-order valence-electron chi connectivity index (χ4n) is 19.6. The maximum absolute atomic E-state index is 7.56. The molecule has 2 aromatic carbocycles. The van der Waals surface area contributed by atoms with Crippen molar-refractivity contribution in [2.45, 2.75) is 189 Å². The van der Waals surface area contributed by atoms with E-state index < -0.39 is 0 Å². The summed E-state index contributed by atoms with van der Waals surface area (Å²) in [7, 11) is 0. The molecule has 73 heavy (non-hydrogen) atoms. The number of aromatic nitrogens is 2. The lowest BCUT2D eigenvalue weighted by Crippen LogP contribution is -2.55. The highest BCUT2D eigenvalue weighted by molar-refractivity contribution is 5.83. The monoisotopic (exact) mass is 973 g/mol. The topological polar surface area (TPSA) is 76.7 Å².